The van der Waals surface area contributed by atoms with E-state index in [0.29, 0.717) is 5.56 Å². The van der Waals surface area contributed by atoms with E-state index in [1.807, 2.05) is 32.9 Å². The summed E-state index contributed by atoms with van der Waals surface area (Å²) in [6.07, 6.45) is 1.94. The maximum atomic E-state index is 10.9. The van der Waals surface area contributed by atoms with Gasteiger partial charge in [-0.3, -0.25) is 4.79 Å². The van der Waals surface area contributed by atoms with Gasteiger partial charge in [-0.2, -0.15) is 0 Å². The lowest BCUT2D eigenvalue weighted by molar-refractivity contribution is 0.111. The van der Waals surface area contributed by atoms with Crippen molar-refractivity contribution in [3.05, 3.63) is 28.8 Å². The molecular formula is C13H18O2. The largest absolute Gasteiger partial charge is 0.490 e. The van der Waals surface area contributed by atoms with Crippen LogP contribution in [0.5, 0.6) is 5.75 Å². The molecule has 0 bridgehead atoms. The lowest BCUT2D eigenvalue weighted by Gasteiger charge is -2.17. The second kappa shape index (κ2) is 4.96. The van der Waals surface area contributed by atoms with Gasteiger partial charge in [-0.15, -0.1) is 0 Å². The summed E-state index contributed by atoms with van der Waals surface area (Å²) in [5.41, 5.74) is 2.76. The van der Waals surface area contributed by atoms with Crippen molar-refractivity contribution in [2.45, 2.75) is 40.2 Å². The van der Waals surface area contributed by atoms with Gasteiger partial charge in [0.1, 0.15) is 5.75 Å². The average Bonchev–Trinajstić information content (AvgIpc) is 2.21. The summed E-state index contributed by atoms with van der Waals surface area (Å²) in [4.78, 5) is 10.9. The molecule has 1 unspecified atom stereocenters. The van der Waals surface area contributed by atoms with Crippen molar-refractivity contribution >= 4 is 6.29 Å². The second-order valence-electron chi connectivity index (χ2n) is 3.95. The van der Waals surface area contributed by atoms with Crippen molar-refractivity contribution in [3.63, 3.8) is 0 Å². The monoisotopic (exact) mass is 206 g/mol. The third kappa shape index (κ3) is 2.82. The number of ether oxygens (including phenoxy) is 1. The van der Waals surface area contributed by atoms with E-state index in [1.165, 1.54) is 0 Å². The van der Waals surface area contributed by atoms with E-state index >= 15 is 0 Å². The highest BCUT2D eigenvalue weighted by Gasteiger charge is 2.10. The minimum absolute atomic E-state index is 0.144. The van der Waals surface area contributed by atoms with Crippen molar-refractivity contribution in [3.8, 4) is 5.75 Å². The average molecular weight is 206 g/mol. The number of aldehydes is 1. The molecule has 0 heterocycles. The minimum atomic E-state index is 0.144. The Morgan fingerprint density at radius 1 is 1.40 bits per heavy atom. The molecule has 0 spiro atoms. The molecule has 0 aromatic heterocycles. The number of hydrogen-bond donors (Lipinski definition) is 0. The van der Waals surface area contributed by atoms with Crippen molar-refractivity contribution in [2.75, 3.05) is 0 Å². The Morgan fingerprint density at radius 2 is 2.07 bits per heavy atom. The van der Waals surface area contributed by atoms with Gasteiger partial charge in [-0.25, -0.2) is 0 Å². The van der Waals surface area contributed by atoms with Gasteiger partial charge in [-0.1, -0.05) is 13.0 Å². The molecule has 0 amide bonds. The van der Waals surface area contributed by atoms with E-state index in [-0.39, 0.29) is 6.10 Å². The fourth-order valence-corrected chi connectivity index (χ4v) is 1.52. The molecule has 2 heteroatoms. The Morgan fingerprint density at radius 3 is 2.60 bits per heavy atom. The summed E-state index contributed by atoms with van der Waals surface area (Å²) in [5.74, 6) is 0.727. The molecule has 1 atom stereocenters. The molecule has 0 aliphatic rings. The summed E-state index contributed by atoms with van der Waals surface area (Å²) in [6.45, 7) is 8.02. The number of rotatable bonds is 4. The Bertz CT molecular complexity index is 356. The van der Waals surface area contributed by atoms with Gasteiger partial charge in [0.15, 0.2) is 6.29 Å². The third-order valence-electron chi connectivity index (χ3n) is 2.47. The number of aryl methyl sites for hydroxylation is 2. The van der Waals surface area contributed by atoms with Crippen LogP contribution in [-0.2, 0) is 0 Å². The molecule has 0 N–H and O–H groups in total. The predicted molar refractivity (Wildman–Crippen MR) is 61.7 cm³/mol. The van der Waals surface area contributed by atoms with Crippen LogP contribution in [0.15, 0.2) is 12.1 Å². The predicted octanol–water partition coefficient (Wildman–Crippen LogP) is 3.29. The highest BCUT2D eigenvalue weighted by molar-refractivity contribution is 5.80. The van der Waals surface area contributed by atoms with Crippen molar-refractivity contribution in [1.29, 1.82) is 0 Å². The van der Waals surface area contributed by atoms with Crippen LogP contribution in [-0.4, -0.2) is 12.4 Å². The van der Waals surface area contributed by atoms with Gasteiger partial charge < -0.3 is 4.74 Å². The molecule has 1 rings (SSSR count). The van der Waals surface area contributed by atoms with E-state index < -0.39 is 0 Å². The van der Waals surface area contributed by atoms with Crippen molar-refractivity contribution < 1.29 is 9.53 Å². The molecule has 0 aliphatic heterocycles. The molecule has 0 fully saturated rings. The molecule has 15 heavy (non-hydrogen) atoms. The summed E-state index contributed by atoms with van der Waals surface area (Å²) in [6, 6.07) is 3.89. The van der Waals surface area contributed by atoms with Crippen LogP contribution in [0, 0.1) is 13.8 Å². The number of carbonyl (C=O) groups excluding carboxylic acids is 1. The normalized spacial score (nSPS) is 12.3. The van der Waals surface area contributed by atoms with Crippen LogP contribution in [0.2, 0.25) is 0 Å². The molecule has 0 aliphatic carbocycles. The van der Waals surface area contributed by atoms with Crippen LogP contribution in [0.1, 0.15) is 41.8 Å². The minimum Gasteiger partial charge on any atom is -0.490 e. The van der Waals surface area contributed by atoms with Crippen LogP contribution in [0.4, 0.5) is 0 Å². The summed E-state index contributed by atoms with van der Waals surface area (Å²) in [5, 5.41) is 0. The molecule has 82 valence electrons. The Kier molecular flexibility index (Phi) is 3.89. The molecule has 1 aromatic rings. The van der Waals surface area contributed by atoms with E-state index in [4.69, 9.17) is 4.74 Å². The molecule has 1 aromatic carbocycles. The van der Waals surface area contributed by atoms with E-state index in [0.717, 1.165) is 29.6 Å². The molecule has 0 saturated carbocycles. The zero-order chi connectivity index (χ0) is 11.4. The molecule has 2 nitrogen and oxygen atoms in total. The third-order valence-corrected chi connectivity index (χ3v) is 2.47. The van der Waals surface area contributed by atoms with Gasteiger partial charge >= 0.3 is 0 Å². The van der Waals surface area contributed by atoms with Crippen LogP contribution in [0.3, 0.4) is 0 Å². The van der Waals surface area contributed by atoms with Crippen molar-refractivity contribution in [1.82, 2.24) is 0 Å². The zero-order valence-corrected chi connectivity index (χ0v) is 9.83. The highest BCUT2D eigenvalue weighted by Crippen LogP contribution is 2.25. The fourth-order valence-electron chi connectivity index (χ4n) is 1.52. The first-order valence-corrected chi connectivity index (χ1v) is 5.31. The standard InChI is InChI=1S/C13H18O2/c1-5-11(4)15-13-10(3)6-9(2)7-12(13)8-14/h6-8,11H,5H2,1-4H3. The quantitative estimate of drug-likeness (QED) is 0.706. The van der Waals surface area contributed by atoms with E-state index in [1.54, 1.807) is 0 Å². The maximum Gasteiger partial charge on any atom is 0.153 e. The van der Waals surface area contributed by atoms with Gasteiger partial charge in [0, 0.05) is 0 Å². The first-order chi connectivity index (χ1) is 7.08. The van der Waals surface area contributed by atoms with Gasteiger partial charge in [0.2, 0.25) is 0 Å². The topological polar surface area (TPSA) is 26.3 Å². The van der Waals surface area contributed by atoms with Gasteiger partial charge in [-0.05, 0) is 44.4 Å². The van der Waals surface area contributed by atoms with E-state index in [9.17, 15) is 4.79 Å². The van der Waals surface area contributed by atoms with Gasteiger partial charge in [0.25, 0.3) is 0 Å². The first kappa shape index (κ1) is 11.8. The van der Waals surface area contributed by atoms with Crippen molar-refractivity contribution in [2.24, 2.45) is 0 Å². The first-order valence-electron chi connectivity index (χ1n) is 5.31. The molecule has 0 saturated heterocycles. The SMILES string of the molecule is CCC(C)Oc1c(C)cc(C)cc1C=O. The maximum absolute atomic E-state index is 10.9. The Balaban J connectivity index is 3.09. The smallest absolute Gasteiger partial charge is 0.153 e. The Hall–Kier alpha value is -1.31. The lowest BCUT2D eigenvalue weighted by atomic mass is 10.1. The fraction of sp³-hybridized carbons (Fsp3) is 0.462. The summed E-state index contributed by atoms with van der Waals surface area (Å²) in [7, 11) is 0. The zero-order valence-electron chi connectivity index (χ0n) is 9.83. The summed E-state index contributed by atoms with van der Waals surface area (Å²) >= 11 is 0. The van der Waals surface area contributed by atoms with Crippen LogP contribution in [0.25, 0.3) is 0 Å². The second-order valence-corrected chi connectivity index (χ2v) is 3.95. The van der Waals surface area contributed by atoms with Crippen LogP contribution >= 0.6 is 0 Å². The van der Waals surface area contributed by atoms with Gasteiger partial charge in [0.05, 0.1) is 11.7 Å². The molecule has 0 radical (unpaired) electrons. The Labute approximate surface area is 91.3 Å². The number of carbonyl (C=O) groups is 1. The number of benzene rings is 1. The van der Waals surface area contributed by atoms with E-state index in [2.05, 4.69) is 6.92 Å². The lowest BCUT2D eigenvalue weighted by Crippen LogP contribution is -2.12. The summed E-state index contributed by atoms with van der Waals surface area (Å²) < 4.78 is 5.74. The highest BCUT2D eigenvalue weighted by atomic mass is 16.5. The number of hydrogen-bond acceptors (Lipinski definition) is 2. The van der Waals surface area contributed by atoms with Crippen LogP contribution < -0.4 is 4.74 Å². The molecular weight excluding hydrogens is 188 g/mol.